The van der Waals surface area contributed by atoms with E-state index in [0.29, 0.717) is 0 Å². The molecule has 124 valence electrons. The van der Waals surface area contributed by atoms with Crippen LogP contribution in [0.1, 0.15) is 16.7 Å². The van der Waals surface area contributed by atoms with E-state index in [1.165, 1.54) is 0 Å². The largest absolute Gasteiger partial charge is 0.376 e. The fourth-order valence-electron chi connectivity index (χ4n) is 4.17. The van der Waals surface area contributed by atoms with Crippen molar-refractivity contribution in [1.29, 1.82) is 0 Å². The third-order valence-corrected chi connectivity index (χ3v) is 5.33. The van der Waals surface area contributed by atoms with Gasteiger partial charge in [0.1, 0.15) is 5.60 Å². The minimum absolute atomic E-state index is 0.920. The van der Waals surface area contributed by atoms with Gasteiger partial charge in [-0.3, -0.25) is 0 Å². The molecule has 0 aromatic heterocycles. The second-order valence-corrected chi connectivity index (χ2v) is 6.71. The first-order valence-corrected chi connectivity index (χ1v) is 8.87. The number of hydrogen-bond acceptors (Lipinski definition) is 1. The van der Waals surface area contributed by atoms with Crippen LogP contribution in [0.15, 0.2) is 103 Å². The van der Waals surface area contributed by atoms with Gasteiger partial charge in [-0.2, -0.15) is 0 Å². The Morgan fingerprint density at radius 2 is 0.808 bits per heavy atom. The van der Waals surface area contributed by atoms with Crippen molar-refractivity contribution in [1.82, 2.24) is 0 Å². The maximum atomic E-state index is 12.1. The zero-order chi connectivity index (χ0) is 17.6. The van der Waals surface area contributed by atoms with Crippen LogP contribution in [-0.4, -0.2) is 5.11 Å². The van der Waals surface area contributed by atoms with Gasteiger partial charge < -0.3 is 5.11 Å². The maximum absolute atomic E-state index is 12.1. The highest BCUT2D eigenvalue weighted by atomic mass is 16.3. The second-order valence-electron chi connectivity index (χ2n) is 6.71. The molecule has 0 spiro atoms. The van der Waals surface area contributed by atoms with Crippen molar-refractivity contribution in [2.24, 2.45) is 0 Å². The predicted molar refractivity (Wildman–Crippen MR) is 106 cm³/mol. The molecule has 0 aliphatic heterocycles. The Morgan fingerprint density at radius 1 is 0.423 bits per heavy atom. The van der Waals surface area contributed by atoms with E-state index in [1.807, 2.05) is 72.8 Å². The third kappa shape index (κ3) is 2.01. The Kier molecular flexibility index (Phi) is 3.31. The monoisotopic (exact) mass is 334 g/mol. The lowest BCUT2D eigenvalue weighted by atomic mass is 9.80. The molecule has 0 saturated carbocycles. The molecular formula is C25H18O. The average Bonchev–Trinajstić information content (AvgIpc) is 2.99. The normalized spacial score (nSPS) is 13.9. The van der Waals surface area contributed by atoms with E-state index in [0.717, 1.165) is 38.9 Å². The molecule has 1 heteroatoms. The standard InChI is InChI=1S/C25H18O/c26-25(22-15-7-4-12-19(22)18-10-2-1-3-11-18)23-16-8-5-13-20(23)21-14-6-9-17-24(21)25/h1-17,26H. The smallest absolute Gasteiger partial charge is 0.142 e. The molecule has 0 unspecified atom stereocenters. The number of hydrogen-bond donors (Lipinski definition) is 1. The molecule has 0 fully saturated rings. The summed E-state index contributed by atoms with van der Waals surface area (Å²) in [6.07, 6.45) is 0. The van der Waals surface area contributed by atoms with E-state index in [9.17, 15) is 5.11 Å². The SMILES string of the molecule is OC1(c2ccccc2-c2ccccc2)c2ccccc2-c2ccccc21. The first-order valence-electron chi connectivity index (χ1n) is 8.87. The van der Waals surface area contributed by atoms with Crippen molar-refractivity contribution >= 4 is 0 Å². The number of aliphatic hydroxyl groups is 1. The topological polar surface area (TPSA) is 20.2 Å². The zero-order valence-electron chi connectivity index (χ0n) is 14.3. The fourth-order valence-corrected chi connectivity index (χ4v) is 4.17. The second kappa shape index (κ2) is 5.69. The van der Waals surface area contributed by atoms with Gasteiger partial charge in [-0.05, 0) is 22.3 Å². The molecule has 4 aromatic rings. The molecule has 0 heterocycles. The van der Waals surface area contributed by atoms with Crippen molar-refractivity contribution in [2.45, 2.75) is 5.60 Å². The molecular weight excluding hydrogens is 316 g/mol. The molecule has 0 saturated heterocycles. The van der Waals surface area contributed by atoms with Gasteiger partial charge in [-0.25, -0.2) is 0 Å². The summed E-state index contributed by atoms with van der Waals surface area (Å²) in [5, 5.41) is 12.1. The van der Waals surface area contributed by atoms with E-state index in [2.05, 4.69) is 30.3 Å². The molecule has 1 aliphatic carbocycles. The Hall–Kier alpha value is -3.16. The van der Waals surface area contributed by atoms with E-state index < -0.39 is 5.60 Å². The predicted octanol–water partition coefficient (Wildman–Crippen LogP) is 5.62. The quantitative estimate of drug-likeness (QED) is 0.504. The van der Waals surface area contributed by atoms with Gasteiger partial charge in [0.15, 0.2) is 0 Å². The van der Waals surface area contributed by atoms with Gasteiger partial charge in [-0.15, -0.1) is 0 Å². The molecule has 1 nitrogen and oxygen atoms in total. The van der Waals surface area contributed by atoms with Crippen molar-refractivity contribution < 1.29 is 5.11 Å². The minimum Gasteiger partial charge on any atom is -0.376 e. The Bertz CT molecular complexity index is 1050. The van der Waals surface area contributed by atoms with E-state index in [-0.39, 0.29) is 0 Å². The number of benzene rings is 4. The summed E-state index contributed by atoms with van der Waals surface area (Å²) in [6.45, 7) is 0. The van der Waals surface area contributed by atoms with Crippen LogP contribution in [0.2, 0.25) is 0 Å². The van der Waals surface area contributed by atoms with Crippen LogP contribution in [0.4, 0.5) is 0 Å². The Labute approximate surface area is 153 Å². The Morgan fingerprint density at radius 3 is 1.35 bits per heavy atom. The molecule has 0 atom stereocenters. The average molecular weight is 334 g/mol. The van der Waals surface area contributed by atoms with Gasteiger partial charge in [0.2, 0.25) is 0 Å². The summed E-state index contributed by atoms with van der Waals surface area (Å²) in [5.74, 6) is 0. The summed E-state index contributed by atoms with van der Waals surface area (Å²) in [6, 6.07) is 34.8. The van der Waals surface area contributed by atoms with Gasteiger partial charge >= 0.3 is 0 Å². The summed E-state index contributed by atoms with van der Waals surface area (Å²) < 4.78 is 0. The number of rotatable bonds is 2. The zero-order valence-corrected chi connectivity index (χ0v) is 14.3. The minimum atomic E-state index is -1.15. The molecule has 1 aliphatic rings. The van der Waals surface area contributed by atoms with Crippen LogP contribution in [0.25, 0.3) is 22.3 Å². The molecule has 0 bridgehead atoms. The molecule has 4 aromatic carbocycles. The molecule has 0 amide bonds. The van der Waals surface area contributed by atoms with Gasteiger partial charge in [0.25, 0.3) is 0 Å². The molecule has 26 heavy (non-hydrogen) atoms. The van der Waals surface area contributed by atoms with Crippen LogP contribution >= 0.6 is 0 Å². The van der Waals surface area contributed by atoms with Crippen LogP contribution in [0.5, 0.6) is 0 Å². The first kappa shape index (κ1) is 15.1. The lowest BCUT2D eigenvalue weighted by Crippen LogP contribution is -2.27. The van der Waals surface area contributed by atoms with E-state index in [4.69, 9.17) is 0 Å². The summed E-state index contributed by atoms with van der Waals surface area (Å²) in [4.78, 5) is 0. The highest BCUT2D eigenvalue weighted by molar-refractivity contribution is 5.84. The Balaban J connectivity index is 1.85. The highest BCUT2D eigenvalue weighted by Gasteiger charge is 2.43. The van der Waals surface area contributed by atoms with Crippen LogP contribution in [0.3, 0.4) is 0 Å². The van der Waals surface area contributed by atoms with Crippen LogP contribution in [-0.2, 0) is 5.60 Å². The van der Waals surface area contributed by atoms with Crippen LogP contribution < -0.4 is 0 Å². The number of fused-ring (bicyclic) bond motifs is 3. The van der Waals surface area contributed by atoms with Gasteiger partial charge in [-0.1, -0.05) is 103 Å². The molecule has 0 radical (unpaired) electrons. The lowest BCUT2D eigenvalue weighted by Gasteiger charge is -2.29. The van der Waals surface area contributed by atoms with Crippen molar-refractivity contribution in [3.05, 3.63) is 120 Å². The fraction of sp³-hybridized carbons (Fsp3) is 0.0400. The van der Waals surface area contributed by atoms with Crippen molar-refractivity contribution in [3.8, 4) is 22.3 Å². The molecule has 5 rings (SSSR count). The van der Waals surface area contributed by atoms with Crippen molar-refractivity contribution in [2.75, 3.05) is 0 Å². The van der Waals surface area contributed by atoms with E-state index >= 15 is 0 Å². The first-order chi connectivity index (χ1) is 12.8. The summed E-state index contributed by atoms with van der Waals surface area (Å²) in [5.41, 5.74) is 6.04. The summed E-state index contributed by atoms with van der Waals surface area (Å²) in [7, 11) is 0. The van der Waals surface area contributed by atoms with Gasteiger partial charge in [0, 0.05) is 16.7 Å². The highest BCUT2D eigenvalue weighted by Crippen LogP contribution is 2.52. The van der Waals surface area contributed by atoms with Crippen molar-refractivity contribution in [3.63, 3.8) is 0 Å². The summed E-state index contributed by atoms with van der Waals surface area (Å²) >= 11 is 0. The van der Waals surface area contributed by atoms with Gasteiger partial charge in [0.05, 0.1) is 0 Å². The molecule has 1 N–H and O–H groups in total. The maximum Gasteiger partial charge on any atom is 0.142 e. The van der Waals surface area contributed by atoms with Crippen LogP contribution in [0, 0.1) is 0 Å². The lowest BCUT2D eigenvalue weighted by molar-refractivity contribution is 0.131. The third-order valence-electron chi connectivity index (χ3n) is 5.33. The van der Waals surface area contributed by atoms with E-state index in [1.54, 1.807) is 0 Å².